The van der Waals surface area contributed by atoms with Crippen LogP contribution >= 0.6 is 11.8 Å². The SMILES string of the molecule is C[C@@H]1CN(Cc2cc(C(F)(F)F)c3cn(C4CCCC([C@@H](C5CCC5)C5NNCN5C)C4)c(=O)n3c2)CCS1. The Bertz CT molecular complexity index is 1230. The van der Waals surface area contributed by atoms with Gasteiger partial charge in [-0.2, -0.15) is 24.9 Å². The molecule has 0 spiro atoms. The number of fused-ring (bicyclic) bond motifs is 1. The molecule has 11 heteroatoms. The van der Waals surface area contributed by atoms with Gasteiger partial charge in [0.15, 0.2) is 0 Å². The maximum atomic E-state index is 14.3. The molecular formula is C28H41F3N6OS. The molecule has 2 aromatic heterocycles. The molecule has 0 radical (unpaired) electrons. The third kappa shape index (κ3) is 5.54. The van der Waals surface area contributed by atoms with E-state index in [1.165, 1.54) is 35.9 Å². The zero-order valence-electron chi connectivity index (χ0n) is 22.9. The van der Waals surface area contributed by atoms with E-state index in [1.54, 1.807) is 10.8 Å². The third-order valence-electron chi connectivity index (χ3n) is 9.62. The Morgan fingerprint density at radius 2 is 1.90 bits per heavy atom. The number of aromatic nitrogens is 2. The Morgan fingerprint density at radius 1 is 1.13 bits per heavy atom. The molecule has 0 aromatic carbocycles. The number of thioether (sulfide) groups is 1. The van der Waals surface area contributed by atoms with Gasteiger partial charge in [0.1, 0.15) is 0 Å². The molecule has 2 saturated heterocycles. The third-order valence-corrected chi connectivity index (χ3v) is 10.8. The van der Waals surface area contributed by atoms with E-state index in [1.807, 2.05) is 11.8 Å². The van der Waals surface area contributed by atoms with E-state index in [-0.39, 0.29) is 23.4 Å². The van der Waals surface area contributed by atoms with Crippen LogP contribution in [0.2, 0.25) is 0 Å². The summed E-state index contributed by atoms with van der Waals surface area (Å²) in [5, 5.41) is 0.450. The second-order valence-electron chi connectivity index (χ2n) is 12.3. The van der Waals surface area contributed by atoms with Crippen LogP contribution in [0.15, 0.2) is 23.3 Å². The van der Waals surface area contributed by atoms with Crippen molar-refractivity contribution in [1.29, 1.82) is 0 Å². The van der Waals surface area contributed by atoms with E-state index >= 15 is 0 Å². The smallest absolute Gasteiger partial charge is 0.297 e. The number of nitrogens with zero attached hydrogens (tertiary/aromatic N) is 4. The minimum atomic E-state index is -4.53. The highest BCUT2D eigenvalue weighted by Gasteiger charge is 2.44. The number of alkyl halides is 3. The first-order chi connectivity index (χ1) is 18.7. The first-order valence-corrected chi connectivity index (χ1v) is 15.6. The molecule has 39 heavy (non-hydrogen) atoms. The Hall–Kier alpha value is -1.53. The number of imidazole rings is 1. The molecule has 6 rings (SSSR count). The van der Waals surface area contributed by atoms with Crippen LogP contribution in [-0.2, 0) is 12.7 Å². The van der Waals surface area contributed by atoms with Gasteiger partial charge in [0, 0.05) is 49.1 Å². The van der Waals surface area contributed by atoms with Crippen molar-refractivity contribution >= 4 is 17.3 Å². The molecule has 0 amide bonds. The molecule has 2 N–H and O–H groups in total. The van der Waals surface area contributed by atoms with E-state index in [9.17, 15) is 18.0 Å². The predicted molar refractivity (Wildman–Crippen MR) is 148 cm³/mol. The van der Waals surface area contributed by atoms with Crippen molar-refractivity contribution in [2.45, 2.75) is 82.0 Å². The van der Waals surface area contributed by atoms with Crippen molar-refractivity contribution < 1.29 is 13.2 Å². The number of hydrazine groups is 1. The minimum Gasteiger partial charge on any atom is -0.297 e. The van der Waals surface area contributed by atoms with E-state index in [0.29, 0.717) is 35.1 Å². The number of hydrogen-bond acceptors (Lipinski definition) is 6. The van der Waals surface area contributed by atoms with Gasteiger partial charge in [0.25, 0.3) is 0 Å². The highest BCUT2D eigenvalue weighted by atomic mass is 32.2. The lowest BCUT2D eigenvalue weighted by atomic mass is 9.65. The van der Waals surface area contributed by atoms with E-state index in [2.05, 4.69) is 34.6 Å². The zero-order valence-corrected chi connectivity index (χ0v) is 23.7. The number of hydrogen-bond donors (Lipinski definition) is 2. The van der Waals surface area contributed by atoms with Crippen LogP contribution in [0, 0.1) is 17.8 Å². The van der Waals surface area contributed by atoms with Crippen LogP contribution in [0.5, 0.6) is 0 Å². The Morgan fingerprint density at radius 3 is 2.56 bits per heavy atom. The Balaban J connectivity index is 1.31. The van der Waals surface area contributed by atoms with Gasteiger partial charge in [0.2, 0.25) is 0 Å². The molecule has 216 valence electrons. The number of pyridine rings is 1. The summed E-state index contributed by atoms with van der Waals surface area (Å²) >= 11 is 1.89. The van der Waals surface area contributed by atoms with Crippen LogP contribution < -0.4 is 16.5 Å². The molecule has 2 saturated carbocycles. The molecule has 0 bridgehead atoms. The van der Waals surface area contributed by atoms with Crippen LogP contribution in [0.1, 0.15) is 69.0 Å². The van der Waals surface area contributed by atoms with Crippen molar-refractivity contribution in [2.75, 3.05) is 32.6 Å². The first kappa shape index (κ1) is 27.6. The van der Waals surface area contributed by atoms with Crippen molar-refractivity contribution in [2.24, 2.45) is 17.8 Å². The van der Waals surface area contributed by atoms with Crippen molar-refractivity contribution in [1.82, 2.24) is 29.6 Å². The summed E-state index contributed by atoms with van der Waals surface area (Å²) in [5.41, 5.74) is 6.22. The van der Waals surface area contributed by atoms with Gasteiger partial charge in [-0.3, -0.25) is 18.8 Å². The second-order valence-corrected chi connectivity index (χ2v) is 13.8. The molecule has 2 aromatic rings. The normalized spacial score (nSPS) is 30.6. The van der Waals surface area contributed by atoms with Gasteiger partial charge in [-0.05, 0) is 55.7 Å². The molecule has 7 nitrogen and oxygen atoms in total. The quantitative estimate of drug-likeness (QED) is 0.536. The summed E-state index contributed by atoms with van der Waals surface area (Å²) in [7, 11) is 2.13. The maximum absolute atomic E-state index is 14.3. The summed E-state index contributed by atoms with van der Waals surface area (Å²) in [6.45, 7) is 5.05. The van der Waals surface area contributed by atoms with Crippen LogP contribution in [0.3, 0.4) is 0 Å². The van der Waals surface area contributed by atoms with Gasteiger partial charge in [-0.15, -0.1) is 0 Å². The van der Waals surface area contributed by atoms with Gasteiger partial charge in [0.05, 0.1) is 23.9 Å². The topological polar surface area (TPSA) is 57.0 Å². The molecule has 4 heterocycles. The molecule has 3 unspecified atom stereocenters. The van der Waals surface area contributed by atoms with Crippen molar-refractivity contribution in [3.8, 4) is 0 Å². The summed E-state index contributed by atoms with van der Waals surface area (Å²) in [6.07, 6.45) is 6.36. The lowest BCUT2D eigenvalue weighted by Gasteiger charge is -2.46. The van der Waals surface area contributed by atoms with E-state index in [4.69, 9.17) is 0 Å². The standard InChI is InChI=1S/C28H41F3N6OS/c1-18-13-35(9-10-39-18)14-19-11-23(28(29,30)31)24-16-36(27(38)37(24)15-19)22-8-4-7-21(12-22)25(20-5-3-6-20)26-33-32-17-34(26)2/h11,15-16,18,20-22,25-26,32-33H,3-10,12-14,17H2,1-2H3/t18-,21?,22?,25-,26?/m1/s1. The van der Waals surface area contributed by atoms with Crippen LogP contribution in [0.25, 0.3) is 5.52 Å². The molecule has 4 aliphatic rings. The minimum absolute atomic E-state index is 0.0297. The highest BCUT2D eigenvalue weighted by Crippen LogP contribution is 2.47. The van der Waals surface area contributed by atoms with E-state index < -0.39 is 11.7 Å². The van der Waals surface area contributed by atoms with Crippen molar-refractivity contribution in [3.63, 3.8) is 0 Å². The Kier molecular flexibility index (Phi) is 7.82. The fraction of sp³-hybridized carbons (Fsp3) is 0.750. The highest BCUT2D eigenvalue weighted by molar-refractivity contribution is 7.99. The number of nitrogens with one attached hydrogen (secondary N) is 2. The summed E-state index contributed by atoms with van der Waals surface area (Å²) in [6, 6.07) is 1.18. The number of rotatable bonds is 6. The predicted octanol–water partition coefficient (Wildman–Crippen LogP) is 4.53. The second kappa shape index (κ2) is 11.0. The van der Waals surface area contributed by atoms with Gasteiger partial charge >= 0.3 is 11.9 Å². The van der Waals surface area contributed by atoms with Crippen LogP contribution in [0.4, 0.5) is 13.2 Å². The van der Waals surface area contributed by atoms with Gasteiger partial charge in [-0.25, -0.2) is 15.6 Å². The Labute approximate surface area is 232 Å². The average molecular weight is 567 g/mol. The van der Waals surface area contributed by atoms with Crippen molar-refractivity contribution in [3.05, 3.63) is 40.1 Å². The summed E-state index contributed by atoms with van der Waals surface area (Å²) in [4.78, 5) is 18.2. The lowest BCUT2D eigenvalue weighted by molar-refractivity contribution is -0.136. The zero-order chi connectivity index (χ0) is 27.3. The molecule has 5 atom stereocenters. The first-order valence-electron chi connectivity index (χ1n) is 14.5. The van der Waals surface area contributed by atoms with E-state index in [0.717, 1.165) is 51.2 Å². The molecule has 2 aliphatic heterocycles. The largest absolute Gasteiger partial charge is 0.418 e. The fourth-order valence-corrected chi connectivity index (χ4v) is 8.61. The summed E-state index contributed by atoms with van der Waals surface area (Å²) in [5.74, 6) is 2.53. The number of halogens is 3. The molecule has 4 fully saturated rings. The van der Waals surface area contributed by atoms with Gasteiger partial charge < -0.3 is 0 Å². The fourth-order valence-electron chi connectivity index (χ4n) is 7.53. The van der Waals surface area contributed by atoms with Crippen LogP contribution in [-0.4, -0.2) is 62.7 Å². The lowest BCUT2D eigenvalue weighted by Crippen LogP contribution is -2.50. The molecular weight excluding hydrogens is 525 g/mol. The van der Waals surface area contributed by atoms with Gasteiger partial charge in [-0.1, -0.05) is 32.6 Å². The molecule has 2 aliphatic carbocycles. The maximum Gasteiger partial charge on any atom is 0.418 e. The monoisotopic (exact) mass is 566 g/mol. The average Bonchev–Trinajstić information content (AvgIpc) is 3.43. The summed E-state index contributed by atoms with van der Waals surface area (Å²) < 4.78 is 45.7.